The van der Waals surface area contributed by atoms with Crippen molar-refractivity contribution in [2.45, 2.75) is 38.9 Å². The number of nitrogens with zero attached hydrogens (tertiary/aromatic N) is 1. The Morgan fingerprint density at radius 3 is 0.884 bits per heavy atom. The van der Waals surface area contributed by atoms with Crippen LogP contribution in [0.3, 0.4) is 0 Å². The first kappa shape index (κ1) is 89.8. The second-order valence-corrected chi connectivity index (χ2v) is 38.8. The average Bonchev–Trinajstić information content (AvgIpc) is 1.22. The van der Waals surface area contributed by atoms with Gasteiger partial charge in [0.2, 0.25) is 0 Å². The van der Waals surface area contributed by atoms with E-state index in [0.29, 0.717) is 0 Å². The van der Waals surface area contributed by atoms with Gasteiger partial charge in [0.25, 0.3) is 0 Å². The molecule has 0 aliphatic carbocycles. The summed E-state index contributed by atoms with van der Waals surface area (Å²) in [7, 11) is -0.425. The van der Waals surface area contributed by atoms with Crippen LogP contribution in [-0.4, -0.2) is 18.3 Å². The minimum Gasteiger partial charge on any atom is -0.399 e. The van der Waals surface area contributed by atoms with Crippen molar-refractivity contribution >= 4 is 214 Å². The van der Waals surface area contributed by atoms with Gasteiger partial charge >= 0.3 is 7.12 Å². The second-order valence-electron chi connectivity index (χ2n) is 35.7. The van der Waals surface area contributed by atoms with E-state index < -0.39 is 18.3 Å². The van der Waals surface area contributed by atoms with Gasteiger partial charge in [0, 0.05) is 46.0 Å². The number of benzene rings is 24. The summed E-state index contributed by atoms with van der Waals surface area (Å²) in [6.07, 6.45) is 0. The molecule has 0 atom stereocenters. The molecule has 0 saturated carbocycles. The third kappa shape index (κ3) is 17.9. The van der Waals surface area contributed by atoms with Gasteiger partial charge in [-0.2, -0.15) is 0 Å². The van der Waals surface area contributed by atoms with Crippen LogP contribution in [0.1, 0.15) is 27.7 Å². The normalized spacial score (nSPS) is 12.6. The SMILES string of the molecule is Brc1ccc(-c2c3ccccc3c(-c3cccc4ccccc34)c3ccccc23)cc1.Brc1ccc(I)cc1.CC1(C)OB(c2c3ccccc3c(-c3cccc4ccccc34)c3ccccc23)OC1(C)C.Fc1ccc(N(c2ccc(-c3c4ccccc4c(-c4cccc5ccccc45)c4ccccc34)cc2)c2cccc3ccccc23)cc1.Fc1ccc(Nc2cccc3ccccc23)cc1. The number of nitrogens with one attached hydrogen (secondary N) is 1. The molecule has 0 bridgehead atoms. The zero-order valence-corrected chi connectivity index (χ0v) is 81.7. The lowest BCUT2D eigenvalue weighted by molar-refractivity contribution is 0.00578. The summed E-state index contributed by atoms with van der Waals surface area (Å²) < 4.78 is 43.6. The van der Waals surface area contributed by atoms with Crippen molar-refractivity contribution in [3.05, 3.63) is 503 Å². The molecule has 24 aromatic rings. The van der Waals surface area contributed by atoms with E-state index in [2.05, 4.69) is 487 Å². The fraction of sp³-hybridized carbons (Fsp3) is 0.0469. The Kier molecular flexibility index (Phi) is 25.5. The van der Waals surface area contributed by atoms with Crippen LogP contribution < -0.4 is 15.7 Å². The van der Waals surface area contributed by atoms with Crippen molar-refractivity contribution < 1.29 is 18.1 Å². The molecule has 1 fully saturated rings. The molecule has 1 N–H and O–H groups in total. The summed E-state index contributed by atoms with van der Waals surface area (Å²) in [6, 6.07) is 166. The summed E-state index contributed by atoms with van der Waals surface area (Å²) in [6.45, 7) is 8.45. The standard InChI is InChI=1S/C46H30FN.C30H27BO2.C30H19Br.C16H12FN.C6H4BrI/c47-34-25-29-36(30-26-34)48(44-22-10-14-32-12-2-4-16-38(32)44)35-27-23-33(24-28-35)45-40-17-5-7-19-42(40)46(43-20-8-6-18-41(43)45)39-21-9-13-31-11-1-3-15-37(31)39;1-29(2)30(3,4)33-31(32-29)28-25-17-9-7-15-23(25)27(24-16-8-10-18-26(24)28)22-19-11-13-20-12-5-6-14-21(20)22;31-22-18-16-21(17-19-22)29-25-11-3-5-13-27(25)30(28-14-6-4-12-26(28)29)24-15-7-9-20-8-1-2-10-23(20)24;17-13-8-10-14(11-9-13)18-16-7-3-5-12-4-1-2-6-15(12)16;7-5-1-3-6(8)4-2-5/h1-30H;5-19H,1-4H3;1-19H;1-11,18H;1-4H. The quantitative estimate of drug-likeness (QED) is 0.0795. The average molecular weight is 2030 g/mol. The Bertz CT molecular complexity index is 8460. The van der Waals surface area contributed by atoms with Gasteiger partial charge in [0.1, 0.15) is 11.6 Å². The molecule has 1 aliphatic rings. The van der Waals surface area contributed by atoms with E-state index in [0.717, 1.165) is 64.6 Å². The van der Waals surface area contributed by atoms with Crippen LogP contribution in [0.15, 0.2) is 488 Å². The van der Waals surface area contributed by atoms with Crippen LogP contribution in [0.4, 0.5) is 37.2 Å². The van der Waals surface area contributed by atoms with Gasteiger partial charge < -0.3 is 19.5 Å². The highest BCUT2D eigenvalue weighted by Gasteiger charge is 2.53. The molecule has 1 saturated heterocycles. The van der Waals surface area contributed by atoms with Crippen LogP contribution in [0.5, 0.6) is 0 Å². The Morgan fingerprint density at radius 1 is 0.254 bits per heavy atom. The van der Waals surface area contributed by atoms with Crippen LogP contribution >= 0.6 is 54.5 Å². The molecule has 10 heteroatoms. The molecule has 25 rings (SSSR count). The maximum atomic E-state index is 14.1. The van der Waals surface area contributed by atoms with E-state index in [1.807, 2.05) is 48.5 Å². The molecule has 24 aromatic carbocycles. The predicted octanol–water partition coefficient (Wildman–Crippen LogP) is 37.4. The molecular formula is C128H92BBr2F2IN2O2. The topological polar surface area (TPSA) is 33.7 Å². The Balaban J connectivity index is 0.000000111. The maximum absolute atomic E-state index is 14.1. The molecule has 0 aromatic heterocycles. The fourth-order valence-electron chi connectivity index (χ4n) is 19.7. The first-order valence-electron chi connectivity index (χ1n) is 46.5. The van der Waals surface area contributed by atoms with Gasteiger partial charge in [-0.15, -0.1) is 0 Å². The molecule has 0 radical (unpaired) electrons. The van der Waals surface area contributed by atoms with Crippen LogP contribution in [-0.2, 0) is 9.31 Å². The minimum absolute atomic E-state index is 0.224. The van der Waals surface area contributed by atoms with Gasteiger partial charge in [-0.05, 0) is 328 Å². The molecule has 664 valence electrons. The number of hydrogen-bond donors (Lipinski definition) is 1. The van der Waals surface area contributed by atoms with E-state index in [-0.39, 0.29) is 11.6 Å². The third-order valence-electron chi connectivity index (χ3n) is 26.9. The highest BCUT2D eigenvalue weighted by molar-refractivity contribution is 14.1. The van der Waals surface area contributed by atoms with E-state index in [1.54, 1.807) is 12.1 Å². The predicted molar refractivity (Wildman–Crippen MR) is 600 cm³/mol. The Hall–Kier alpha value is -14.7. The van der Waals surface area contributed by atoms with Crippen molar-refractivity contribution in [1.29, 1.82) is 0 Å². The number of anilines is 5. The zero-order valence-electron chi connectivity index (χ0n) is 76.3. The number of fused-ring (bicyclic) bond motifs is 11. The molecule has 0 spiro atoms. The van der Waals surface area contributed by atoms with Gasteiger partial charge in [-0.25, -0.2) is 8.78 Å². The summed E-state index contributed by atoms with van der Waals surface area (Å²) in [5.74, 6) is -0.476. The van der Waals surface area contributed by atoms with Gasteiger partial charge in [-0.3, -0.25) is 0 Å². The van der Waals surface area contributed by atoms with Crippen molar-refractivity contribution in [3.8, 4) is 55.6 Å². The Morgan fingerprint density at radius 2 is 0.514 bits per heavy atom. The molecule has 0 amide bonds. The lowest BCUT2D eigenvalue weighted by atomic mass is 9.71. The van der Waals surface area contributed by atoms with E-state index in [9.17, 15) is 8.78 Å². The van der Waals surface area contributed by atoms with Gasteiger partial charge in [0.15, 0.2) is 0 Å². The monoisotopic (exact) mass is 2020 g/mol. The molecule has 4 nitrogen and oxygen atoms in total. The highest BCUT2D eigenvalue weighted by Crippen LogP contribution is 2.51. The first-order chi connectivity index (χ1) is 67.5. The highest BCUT2D eigenvalue weighted by atomic mass is 127. The summed E-state index contributed by atoms with van der Waals surface area (Å²) in [4.78, 5) is 2.21. The summed E-state index contributed by atoms with van der Waals surface area (Å²) in [5, 5.41) is 30.3. The van der Waals surface area contributed by atoms with Crippen molar-refractivity contribution in [2.75, 3.05) is 10.2 Å². The lowest BCUT2D eigenvalue weighted by Gasteiger charge is -2.32. The van der Waals surface area contributed by atoms with Crippen LogP contribution in [0.2, 0.25) is 0 Å². The smallest absolute Gasteiger partial charge is 0.399 e. The number of halogens is 5. The van der Waals surface area contributed by atoms with Crippen molar-refractivity contribution in [2.24, 2.45) is 0 Å². The van der Waals surface area contributed by atoms with Crippen LogP contribution in [0.25, 0.3) is 174 Å². The lowest BCUT2D eigenvalue weighted by Crippen LogP contribution is -2.41. The molecular weight excluding hydrogens is 1930 g/mol. The fourth-order valence-corrected chi connectivity index (χ4v) is 20.6. The third-order valence-corrected chi connectivity index (χ3v) is 28.6. The largest absolute Gasteiger partial charge is 0.496 e. The molecule has 1 aliphatic heterocycles. The van der Waals surface area contributed by atoms with E-state index in [4.69, 9.17) is 9.31 Å². The number of hydrogen-bond acceptors (Lipinski definition) is 4. The van der Waals surface area contributed by atoms with Gasteiger partial charge in [-0.1, -0.05) is 402 Å². The first-order valence-corrected chi connectivity index (χ1v) is 49.1. The molecule has 138 heavy (non-hydrogen) atoms. The number of rotatable bonds is 11. The minimum atomic E-state index is -0.425. The maximum Gasteiger partial charge on any atom is 0.496 e. The summed E-state index contributed by atoms with van der Waals surface area (Å²) in [5.41, 5.74) is 17.7. The molecule has 0 unspecified atom stereocenters. The second kappa shape index (κ2) is 39.2. The molecule has 1 heterocycles. The van der Waals surface area contributed by atoms with E-state index in [1.165, 1.54) is 180 Å². The Labute approximate surface area is 833 Å². The van der Waals surface area contributed by atoms with E-state index >= 15 is 0 Å². The summed E-state index contributed by atoms with van der Waals surface area (Å²) >= 11 is 9.20. The van der Waals surface area contributed by atoms with Crippen LogP contribution in [0, 0.1) is 15.2 Å². The van der Waals surface area contributed by atoms with Crippen molar-refractivity contribution in [1.82, 2.24) is 0 Å². The van der Waals surface area contributed by atoms with Crippen molar-refractivity contribution in [3.63, 3.8) is 0 Å². The van der Waals surface area contributed by atoms with Gasteiger partial charge in [0.05, 0.1) is 16.9 Å². The zero-order chi connectivity index (χ0) is 94.0.